The molecule has 1 saturated carbocycles. The first-order valence-electron chi connectivity index (χ1n) is 14.3. The fourth-order valence-electron chi connectivity index (χ4n) is 5.62. The average Bonchev–Trinajstić information content (AvgIpc) is 3.77. The number of aromatic nitrogens is 1. The molecule has 12 nitrogen and oxygen atoms in total. The monoisotopic (exact) mass is 628 g/mol. The Bertz CT molecular complexity index is 1530. The third-order valence-corrected chi connectivity index (χ3v) is 8.29. The van der Waals surface area contributed by atoms with Crippen molar-refractivity contribution >= 4 is 29.4 Å². The number of anilines is 1. The minimum Gasteiger partial charge on any atom is -0.497 e. The molecule has 3 heterocycles. The number of nitrogens with one attached hydrogen (secondary N) is 2. The van der Waals surface area contributed by atoms with Gasteiger partial charge in [0.1, 0.15) is 23.9 Å². The van der Waals surface area contributed by atoms with E-state index in [-0.39, 0.29) is 43.3 Å². The van der Waals surface area contributed by atoms with Gasteiger partial charge in [-0.1, -0.05) is 25.0 Å². The number of fused-ring (bicyclic) bond motifs is 1. The first-order chi connectivity index (χ1) is 21.3. The van der Waals surface area contributed by atoms with Crippen molar-refractivity contribution in [3.8, 4) is 17.6 Å². The highest BCUT2D eigenvalue weighted by molar-refractivity contribution is 6.01. The number of benzene rings is 1. The summed E-state index contributed by atoms with van der Waals surface area (Å²) in [5.41, 5.74) is -1.15. The molecular formula is C30H31F3N6O6. The molecular weight excluding hydrogens is 597 g/mol. The quantitative estimate of drug-likeness (QED) is 0.429. The Labute approximate surface area is 256 Å². The number of pyridine rings is 1. The second kappa shape index (κ2) is 12.3. The van der Waals surface area contributed by atoms with Crippen molar-refractivity contribution in [2.24, 2.45) is 5.92 Å². The van der Waals surface area contributed by atoms with Crippen LogP contribution in [0.25, 0.3) is 0 Å². The first-order valence-corrected chi connectivity index (χ1v) is 14.3. The number of ether oxygens (including phenoxy) is 2. The van der Waals surface area contributed by atoms with Gasteiger partial charge in [0.05, 0.1) is 19.7 Å². The molecule has 1 aromatic carbocycles. The summed E-state index contributed by atoms with van der Waals surface area (Å²) in [6.45, 7) is -0.298. The molecule has 1 aromatic heterocycles. The van der Waals surface area contributed by atoms with E-state index in [0.717, 1.165) is 17.7 Å². The zero-order valence-electron chi connectivity index (χ0n) is 24.5. The maximum Gasteiger partial charge on any atom is 0.471 e. The molecule has 1 aliphatic carbocycles. The molecule has 0 bridgehead atoms. The SMILES string of the molecule is COc1ccc(C[C@@H](NC(=O)C(F)(F)F)C(=O)N(C)[C@@H](CC2CC2)C(=O)N2C[C@@]3(C[C@H]2C#N)Oc2cccnc2NC3=O)cc1. The van der Waals surface area contributed by atoms with Crippen LogP contribution in [0.3, 0.4) is 0 Å². The molecule has 0 unspecified atom stereocenters. The number of carbonyl (C=O) groups excluding carboxylic acids is 4. The molecule has 3 aliphatic rings. The van der Waals surface area contributed by atoms with Gasteiger partial charge in [-0.2, -0.15) is 18.4 Å². The van der Waals surface area contributed by atoms with Crippen molar-refractivity contribution in [1.29, 1.82) is 5.26 Å². The van der Waals surface area contributed by atoms with Gasteiger partial charge in [0.25, 0.3) is 5.91 Å². The van der Waals surface area contributed by atoms with Gasteiger partial charge in [0.2, 0.25) is 17.4 Å². The Hall–Kier alpha value is -4.87. The maximum atomic E-state index is 14.1. The molecule has 2 N–H and O–H groups in total. The number of methoxy groups -OCH3 is 1. The largest absolute Gasteiger partial charge is 0.497 e. The number of hydrogen-bond acceptors (Lipinski definition) is 8. The molecule has 1 spiro atoms. The van der Waals surface area contributed by atoms with Gasteiger partial charge >= 0.3 is 12.1 Å². The Balaban J connectivity index is 1.40. The fourth-order valence-corrected chi connectivity index (χ4v) is 5.62. The van der Waals surface area contributed by atoms with Crippen molar-refractivity contribution in [3.05, 3.63) is 48.2 Å². The van der Waals surface area contributed by atoms with Crippen molar-refractivity contribution < 1.29 is 41.8 Å². The van der Waals surface area contributed by atoms with Crippen LogP contribution in [0.5, 0.6) is 11.5 Å². The van der Waals surface area contributed by atoms with Crippen molar-refractivity contribution in [1.82, 2.24) is 20.1 Å². The predicted molar refractivity (Wildman–Crippen MR) is 151 cm³/mol. The number of amides is 4. The number of likely N-dealkylation sites (tertiary alicyclic amines) is 1. The highest BCUT2D eigenvalue weighted by Gasteiger charge is 2.57. The number of hydrogen-bond donors (Lipinski definition) is 2. The molecule has 238 valence electrons. The van der Waals surface area contributed by atoms with E-state index in [4.69, 9.17) is 9.47 Å². The van der Waals surface area contributed by atoms with Crippen LogP contribution in [0.2, 0.25) is 0 Å². The van der Waals surface area contributed by atoms with Gasteiger partial charge in [-0.05, 0) is 42.2 Å². The van der Waals surface area contributed by atoms with E-state index in [2.05, 4.69) is 10.3 Å². The lowest BCUT2D eigenvalue weighted by molar-refractivity contribution is -0.175. The van der Waals surface area contributed by atoms with E-state index in [9.17, 15) is 37.6 Å². The summed E-state index contributed by atoms with van der Waals surface area (Å²) in [7, 11) is 2.73. The highest BCUT2D eigenvalue weighted by atomic mass is 19.4. The normalized spacial score (nSPS) is 21.9. The summed E-state index contributed by atoms with van der Waals surface area (Å²) in [6, 6.07) is 7.54. The van der Waals surface area contributed by atoms with E-state index in [0.29, 0.717) is 11.3 Å². The van der Waals surface area contributed by atoms with Crippen molar-refractivity contribution in [2.45, 2.75) is 62.0 Å². The Morgan fingerprint density at radius 3 is 2.60 bits per heavy atom. The number of halogens is 3. The van der Waals surface area contributed by atoms with Gasteiger partial charge < -0.3 is 29.9 Å². The molecule has 2 fully saturated rings. The minimum atomic E-state index is -5.25. The van der Waals surface area contributed by atoms with Crippen LogP contribution >= 0.6 is 0 Å². The van der Waals surface area contributed by atoms with E-state index in [1.807, 2.05) is 6.07 Å². The van der Waals surface area contributed by atoms with Crippen LogP contribution in [0.1, 0.15) is 31.2 Å². The van der Waals surface area contributed by atoms with Gasteiger partial charge in [0.15, 0.2) is 11.6 Å². The predicted octanol–water partition coefficient (Wildman–Crippen LogP) is 2.20. The molecule has 15 heteroatoms. The van der Waals surface area contributed by atoms with Gasteiger partial charge in [-0.15, -0.1) is 0 Å². The molecule has 5 rings (SSSR count). The number of rotatable bonds is 9. The van der Waals surface area contributed by atoms with Crippen LogP contribution in [0, 0.1) is 17.2 Å². The van der Waals surface area contributed by atoms with E-state index < -0.39 is 53.5 Å². The van der Waals surface area contributed by atoms with E-state index >= 15 is 0 Å². The summed E-state index contributed by atoms with van der Waals surface area (Å²) in [6.07, 6.45) is -2.47. The van der Waals surface area contributed by atoms with Gasteiger partial charge in [-0.25, -0.2) is 4.98 Å². The zero-order chi connectivity index (χ0) is 32.5. The van der Waals surface area contributed by atoms with Crippen LogP contribution in [-0.2, 0) is 25.6 Å². The Kier molecular flexibility index (Phi) is 8.59. The fraction of sp³-hybridized carbons (Fsp3) is 0.467. The van der Waals surface area contributed by atoms with Gasteiger partial charge in [-0.3, -0.25) is 19.2 Å². The van der Waals surface area contributed by atoms with Crippen molar-refractivity contribution in [3.63, 3.8) is 0 Å². The topological polar surface area (TPSA) is 154 Å². The zero-order valence-corrected chi connectivity index (χ0v) is 24.5. The summed E-state index contributed by atoms with van der Waals surface area (Å²) < 4.78 is 50.9. The summed E-state index contributed by atoms with van der Waals surface area (Å²) in [5.74, 6) is -3.42. The molecule has 45 heavy (non-hydrogen) atoms. The second-order valence-corrected chi connectivity index (χ2v) is 11.4. The number of likely N-dealkylation sites (N-methyl/N-ethyl adjacent to an activating group) is 1. The van der Waals surface area contributed by atoms with Crippen LogP contribution in [0.4, 0.5) is 19.0 Å². The van der Waals surface area contributed by atoms with Crippen LogP contribution in [0.15, 0.2) is 42.6 Å². The minimum absolute atomic E-state index is 0.0725. The number of nitrogens with zero attached hydrogens (tertiary/aromatic N) is 4. The molecule has 4 amide bonds. The number of alkyl halides is 3. The summed E-state index contributed by atoms with van der Waals surface area (Å²) >= 11 is 0. The van der Waals surface area contributed by atoms with E-state index in [1.54, 1.807) is 41.7 Å². The highest BCUT2D eigenvalue weighted by Crippen LogP contribution is 2.41. The summed E-state index contributed by atoms with van der Waals surface area (Å²) in [4.78, 5) is 59.4. The van der Waals surface area contributed by atoms with Crippen LogP contribution in [-0.4, -0.2) is 89.0 Å². The first kappa shape index (κ1) is 31.6. The molecule has 2 aliphatic heterocycles. The lowest BCUT2D eigenvalue weighted by Crippen LogP contribution is -2.58. The third-order valence-electron chi connectivity index (χ3n) is 8.29. The lowest BCUT2D eigenvalue weighted by atomic mass is 9.97. The average molecular weight is 629 g/mol. The molecule has 1 saturated heterocycles. The van der Waals surface area contributed by atoms with E-state index in [1.165, 1.54) is 25.3 Å². The number of carbonyl (C=O) groups is 4. The summed E-state index contributed by atoms with van der Waals surface area (Å²) in [5, 5.41) is 14.4. The standard InChI is InChI=1S/C30H31F3N6O6/c1-38(25(40)21(36-28(43)30(31,32)33)12-17-7-9-20(44-2)10-8-17)22(13-18-5-6-18)26(41)39-16-29(14-19(39)15-34)27(42)37-24-23(45-29)4-3-11-35-24/h3-4,7-11,18-19,21-22H,5-6,12-14,16H2,1-2H3,(H,36,43)(H,35,37,42)/t19-,21+,22-,29+/m0/s1. The van der Waals surface area contributed by atoms with Gasteiger partial charge in [0, 0.05) is 26.1 Å². The molecule has 4 atom stereocenters. The molecule has 2 aromatic rings. The molecule has 0 radical (unpaired) electrons. The maximum absolute atomic E-state index is 14.1. The second-order valence-electron chi connectivity index (χ2n) is 11.4. The Morgan fingerprint density at radius 2 is 1.98 bits per heavy atom. The third kappa shape index (κ3) is 6.64. The van der Waals surface area contributed by atoms with Crippen molar-refractivity contribution in [2.75, 3.05) is 26.0 Å². The lowest BCUT2D eigenvalue weighted by Gasteiger charge is -2.35. The smallest absolute Gasteiger partial charge is 0.471 e. The number of nitriles is 1. The van der Waals surface area contributed by atoms with Crippen LogP contribution < -0.4 is 20.1 Å². The Morgan fingerprint density at radius 1 is 1.27 bits per heavy atom.